The molecule has 2 N–H and O–H groups in total. The maximum absolute atomic E-state index is 9.66. The van der Waals surface area contributed by atoms with Crippen molar-refractivity contribution in [3.63, 3.8) is 0 Å². The third-order valence-electron chi connectivity index (χ3n) is 8.18. The fourth-order valence-corrected chi connectivity index (χ4v) is 6.39. The molecule has 3 aromatic rings. The number of aliphatic hydroxyl groups excluding tert-OH is 2. The Hall–Kier alpha value is -2.82. The molecule has 0 aliphatic carbocycles. The van der Waals surface area contributed by atoms with Crippen LogP contribution in [0.5, 0.6) is 11.5 Å². The van der Waals surface area contributed by atoms with Gasteiger partial charge < -0.3 is 19.7 Å². The molecule has 0 atom stereocenters. The quantitative estimate of drug-likeness (QED) is 0.152. The molecule has 3 rings (SSSR count). The molecule has 44 heavy (non-hydrogen) atoms. The molecule has 0 aromatic heterocycles. The van der Waals surface area contributed by atoms with Gasteiger partial charge in [-0.1, -0.05) is 110 Å². The van der Waals surface area contributed by atoms with Crippen molar-refractivity contribution in [3.8, 4) is 11.5 Å². The van der Waals surface area contributed by atoms with Crippen LogP contribution in [0.15, 0.2) is 54.6 Å². The van der Waals surface area contributed by atoms with Gasteiger partial charge in [0.1, 0.15) is 24.7 Å². The summed E-state index contributed by atoms with van der Waals surface area (Å²) in [6, 6.07) is 20.3. The number of aliphatic hydroxyl groups is 2. The molecule has 0 amide bonds. The second-order valence-electron chi connectivity index (χ2n) is 14.3. The number of ether oxygens (including phenoxy) is 2. The molecule has 4 heteroatoms. The Bertz CT molecular complexity index is 1160. The van der Waals surface area contributed by atoms with Crippen molar-refractivity contribution in [3.05, 3.63) is 93.5 Å². The van der Waals surface area contributed by atoms with Gasteiger partial charge in [0.05, 0.1) is 13.2 Å². The zero-order valence-corrected chi connectivity index (χ0v) is 28.9. The van der Waals surface area contributed by atoms with Gasteiger partial charge in [-0.25, -0.2) is 0 Å². The molecule has 0 saturated heterocycles. The standard InChI is InChI=1S/C40H58O4/c1-27(2)19-31-23-36(24-32(20-28(3)4)38(31)43-17-15-41)40(9,35-13-11-10-12-14-35)37-25-33(21-29(5)6)39(44-18-16-42)34(26-37)22-30(7)8/h10-14,23-30,41-42H,15-22H2,1-9H3. The highest BCUT2D eigenvalue weighted by molar-refractivity contribution is 5.58. The Labute approximate surface area is 267 Å². The van der Waals surface area contributed by atoms with Crippen molar-refractivity contribution in [2.24, 2.45) is 23.7 Å². The van der Waals surface area contributed by atoms with E-state index in [0.29, 0.717) is 23.7 Å². The van der Waals surface area contributed by atoms with E-state index in [1.54, 1.807) is 0 Å². The smallest absolute Gasteiger partial charge is 0.125 e. The molecule has 0 fully saturated rings. The predicted octanol–water partition coefficient (Wildman–Crippen LogP) is 8.58. The molecule has 242 valence electrons. The van der Waals surface area contributed by atoms with E-state index in [1.807, 2.05) is 0 Å². The fraction of sp³-hybridized carbons (Fsp3) is 0.550. The Morgan fingerprint density at radius 3 is 1.11 bits per heavy atom. The van der Waals surface area contributed by atoms with Crippen molar-refractivity contribution < 1.29 is 19.7 Å². The zero-order valence-electron chi connectivity index (χ0n) is 28.9. The molecular formula is C40H58O4. The third kappa shape index (κ3) is 9.11. The SMILES string of the molecule is CC(C)Cc1cc(C(C)(c2ccccc2)c2cc(CC(C)C)c(OCCO)c(CC(C)C)c2)cc(CC(C)C)c1OCCO. The highest BCUT2D eigenvalue weighted by Gasteiger charge is 2.34. The van der Waals surface area contributed by atoms with Crippen molar-refractivity contribution in [2.75, 3.05) is 26.4 Å². The van der Waals surface area contributed by atoms with Gasteiger partial charge in [0.15, 0.2) is 0 Å². The summed E-state index contributed by atoms with van der Waals surface area (Å²) >= 11 is 0. The molecule has 0 spiro atoms. The summed E-state index contributed by atoms with van der Waals surface area (Å²) in [5.41, 5.74) is 8.12. The maximum atomic E-state index is 9.66. The van der Waals surface area contributed by atoms with Crippen LogP contribution in [-0.2, 0) is 31.1 Å². The van der Waals surface area contributed by atoms with E-state index < -0.39 is 5.41 Å². The lowest BCUT2D eigenvalue weighted by Crippen LogP contribution is -2.27. The van der Waals surface area contributed by atoms with Gasteiger partial charge in [-0.3, -0.25) is 0 Å². The molecular weight excluding hydrogens is 544 g/mol. The van der Waals surface area contributed by atoms with Crippen LogP contribution in [0.2, 0.25) is 0 Å². The minimum Gasteiger partial charge on any atom is -0.491 e. The Morgan fingerprint density at radius 1 is 0.523 bits per heavy atom. The highest BCUT2D eigenvalue weighted by atomic mass is 16.5. The lowest BCUT2D eigenvalue weighted by molar-refractivity contribution is 0.198. The summed E-state index contributed by atoms with van der Waals surface area (Å²) in [6.45, 7) is 21.0. The van der Waals surface area contributed by atoms with E-state index in [4.69, 9.17) is 9.47 Å². The average Bonchev–Trinajstić information content (AvgIpc) is 2.95. The second-order valence-corrected chi connectivity index (χ2v) is 14.3. The van der Waals surface area contributed by atoms with Crippen LogP contribution in [0, 0.1) is 23.7 Å². The molecule has 0 heterocycles. The van der Waals surface area contributed by atoms with Gasteiger partial charge in [-0.05, 0) is 95.2 Å². The molecule has 4 nitrogen and oxygen atoms in total. The van der Waals surface area contributed by atoms with Gasteiger partial charge in [-0.15, -0.1) is 0 Å². The molecule has 0 aliphatic rings. The van der Waals surface area contributed by atoms with Gasteiger partial charge in [0.2, 0.25) is 0 Å². The first-order valence-corrected chi connectivity index (χ1v) is 16.8. The summed E-state index contributed by atoms with van der Waals surface area (Å²) in [6.07, 6.45) is 3.59. The molecule has 0 aliphatic heterocycles. The topological polar surface area (TPSA) is 58.9 Å². The average molecular weight is 603 g/mol. The summed E-state index contributed by atoms with van der Waals surface area (Å²) < 4.78 is 12.6. The molecule has 0 radical (unpaired) electrons. The van der Waals surface area contributed by atoms with Crippen LogP contribution in [0.4, 0.5) is 0 Å². The number of rotatable bonds is 17. The molecule has 0 saturated carbocycles. The number of hydrogen-bond donors (Lipinski definition) is 2. The molecule has 0 unspecified atom stereocenters. The van der Waals surface area contributed by atoms with Crippen LogP contribution >= 0.6 is 0 Å². The van der Waals surface area contributed by atoms with Crippen molar-refractivity contribution in [1.82, 2.24) is 0 Å². The van der Waals surface area contributed by atoms with Crippen molar-refractivity contribution >= 4 is 0 Å². The maximum Gasteiger partial charge on any atom is 0.125 e. The van der Waals surface area contributed by atoms with Crippen LogP contribution in [0.3, 0.4) is 0 Å². The first kappa shape index (κ1) is 35.7. The van der Waals surface area contributed by atoms with E-state index in [0.717, 1.165) is 37.2 Å². The van der Waals surface area contributed by atoms with Gasteiger partial charge in [-0.2, -0.15) is 0 Å². The minimum atomic E-state index is -0.443. The third-order valence-corrected chi connectivity index (χ3v) is 8.18. The van der Waals surface area contributed by atoms with Gasteiger partial charge in [0, 0.05) is 5.41 Å². The summed E-state index contributed by atoms with van der Waals surface area (Å²) in [5, 5.41) is 19.3. The van der Waals surface area contributed by atoms with Crippen LogP contribution in [-0.4, -0.2) is 36.6 Å². The predicted molar refractivity (Wildman–Crippen MR) is 184 cm³/mol. The number of hydrogen-bond acceptors (Lipinski definition) is 4. The van der Waals surface area contributed by atoms with Gasteiger partial charge >= 0.3 is 0 Å². The largest absolute Gasteiger partial charge is 0.491 e. The lowest BCUT2D eigenvalue weighted by Gasteiger charge is -2.35. The molecule has 0 bridgehead atoms. The first-order valence-electron chi connectivity index (χ1n) is 16.8. The van der Waals surface area contributed by atoms with E-state index in [9.17, 15) is 10.2 Å². The zero-order chi connectivity index (χ0) is 32.4. The highest BCUT2D eigenvalue weighted by Crippen LogP contribution is 2.45. The summed E-state index contributed by atoms with van der Waals surface area (Å²) in [4.78, 5) is 0. The van der Waals surface area contributed by atoms with Crippen LogP contribution < -0.4 is 9.47 Å². The number of benzene rings is 3. The van der Waals surface area contributed by atoms with E-state index in [-0.39, 0.29) is 26.4 Å². The summed E-state index contributed by atoms with van der Waals surface area (Å²) in [7, 11) is 0. The van der Waals surface area contributed by atoms with Crippen LogP contribution in [0.1, 0.15) is 101 Å². The van der Waals surface area contributed by atoms with E-state index in [2.05, 4.69) is 117 Å². The Balaban J connectivity index is 2.44. The van der Waals surface area contributed by atoms with Crippen molar-refractivity contribution in [2.45, 2.75) is 93.4 Å². The lowest BCUT2D eigenvalue weighted by atomic mass is 9.69. The fourth-order valence-electron chi connectivity index (χ4n) is 6.39. The normalized spacial score (nSPS) is 12.2. The molecule has 3 aromatic carbocycles. The van der Waals surface area contributed by atoms with Gasteiger partial charge in [0.25, 0.3) is 0 Å². The van der Waals surface area contributed by atoms with E-state index in [1.165, 1.54) is 38.9 Å². The monoisotopic (exact) mass is 602 g/mol. The first-order chi connectivity index (χ1) is 20.9. The Morgan fingerprint density at radius 2 is 0.841 bits per heavy atom. The second kappa shape index (κ2) is 16.5. The van der Waals surface area contributed by atoms with E-state index >= 15 is 0 Å². The van der Waals surface area contributed by atoms with Crippen LogP contribution in [0.25, 0.3) is 0 Å². The minimum absolute atomic E-state index is 0.00627. The Kier molecular flexibility index (Phi) is 13.4. The van der Waals surface area contributed by atoms with Crippen molar-refractivity contribution in [1.29, 1.82) is 0 Å². The summed E-state index contributed by atoms with van der Waals surface area (Å²) in [5.74, 6) is 3.69.